The average molecular weight is 371 g/mol. The van der Waals surface area contributed by atoms with Crippen LogP contribution in [0.2, 0.25) is 0 Å². The number of hydrogen-bond donors (Lipinski definition) is 0. The summed E-state index contributed by atoms with van der Waals surface area (Å²) in [6.45, 7) is 3.30. The zero-order chi connectivity index (χ0) is 19.2. The van der Waals surface area contributed by atoms with Crippen molar-refractivity contribution in [3.63, 3.8) is 0 Å². The summed E-state index contributed by atoms with van der Waals surface area (Å²) in [5.74, 6) is 1.27. The molecule has 4 rings (SSSR count). The third-order valence-corrected chi connectivity index (χ3v) is 4.43. The van der Waals surface area contributed by atoms with Crippen LogP contribution in [0.15, 0.2) is 71.7 Å². The van der Waals surface area contributed by atoms with E-state index in [1.807, 2.05) is 48.5 Å². The van der Waals surface area contributed by atoms with Crippen LogP contribution in [0, 0.1) is 0 Å². The lowest BCUT2D eigenvalue weighted by molar-refractivity contribution is 0.306. The van der Waals surface area contributed by atoms with Gasteiger partial charge in [-0.15, -0.1) is 0 Å². The predicted molar refractivity (Wildman–Crippen MR) is 110 cm³/mol. The number of aromatic nitrogens is 4. The molecule has 0 radical (unpaired) electrons. The van der Waals surface area contributed by atoms with E-state index < -0.39 is 0 Å². The molecule has 0 spiro atoms. The molecule has 1 heterocycles. The highest BCUT2D eigenvalue weighted by Crippen LogP contribution is 2.28. The van der Waals surface area contributed by atoms with Gasteiger partial charge in [-0.3, -0.25) is 0 Å². The van der Waals surface area contributed by atoms with Gasteiger partial charge in [-0.2, -0.15) is 0 Å². The Labute approximate surface area is 163 Å². The maximum Gasteiger partial charge on any atom is 0.269 e. The summed E-state index contributed by atoms with van der Waals surface area (Å²) in [5, 5.41) is 13.9. The third-order valence-electron chi connectivity index (χ3n) is 4.43. The molecule has 1 aromatic heterocycles. The summed E-state index contributed by atoms with van der Waals surface area (Å²) in [6.07, 6.45) is 2.73. The van der Waals surface area contributed by atoms with Crippen LogP contribution < -0.4 is 4.74 Å². The zero-order valence-corrected chi connectivity index (χ0v) is 15.7. The summed E-state index contributed by atoms with van der Waals surface area (Å²) >= 11 is 0. The molecule has 4 aromatic rings. The molecule has 0 unspecified atom stereocenters. The van der Waals surface area contributed by atoms with E-state index in [1.54, 1.807) is 10.9 Å². The quantitative estimate of drug-likeness (QED) is 0.447. The van der Waals surface area contributed by atoms with Gasteiger partial charge in [0.1, 0.15) is 12.4 Å². The second-order valence-corrected chi connectivity index (χ2v) is 6.43. The van der Waals surface area contributed by atoms with Crippen LogP contribution in [0.1, 0.15) is 24.5 Å². The molecule has 6 heteroatoms. The molecule has 0 amide bonds. The van der Waals surface area contributed by atoms with E-state index in [4.69, 9.17) is 4.74 Å². The van der Waals surface area contributed by atoms with Crippen molar-refractivity contribution in [3.8, 4) is 5.75 Å². The minimum Gasteiger partial charge on any atom is -0.488 e. The van der Waals surface area contributed by atoms with Crippen molar-refractivity contribution in [3.05, 3.63) is 77.9 Å². The third kappa shape index (κ3) is 3.91. The Kier molecular flexibility index (Phi) is 5.38. The van der Waals surface area contributed by atoms with Crippen LogP contribution in [-0.2, 0) is 13.2 Å². The largest absolute Gasteiger partial charge is 0.488 e. The van der Waals surface area contributed by atoms with E-state index in [-0.39, 0.29) is 0 Å². The first-order chi connectivity index (χ1) is 13.8. The van der Waals surface area contributed by atoms with Crippen molar-refractivity contribution < 1.29 is 4.74 Å². The zero-order valence-electron chi connectivity index (χ0n) is 15.7. The lowest BCUT2D eigenvalue weighted by Gasteiger charge is -2.12. The Bertz CT molecular complexity index is 1090. The maximum absolute atomic E-state index is 6.13. The lowest BCUT2D eigenvalue weighted by atomic mass is 10.0. The molecule has 0 aliphatic rings. The molecule has 0 aliphatic heterocycles. The Morgan fingerprint density at radius 3 is 2.68 bits per heavy atom. The molecule has 0 bridgehead atoms. The summed E-state index contributed by atoms with van der Waals surface area (Å²) in [7, 11) is 0. The maximum atomic E-state index is 6.13. The Hall–Kier alpha value is -3.54. The lowest BCUT2D eigenvalue weighted by Crippen LogP contribution is -2.00. The summed E-state index contributed by atoms with van der Waals surface area (Å²) in [4.78, 5) is 4.54. The first kappa shape index (κ1) is 17.9. The highest BCUT2D eigenvalue weighted by molar-refractivity contribution is 6.02. The van der Waals surface area contributed by atoms with E-state index in [2.05, 4.69) is 45.6 Å². The Balaban J connectivity index is 1.69. The standard InChI is InChI=1S/C22H21N5O/c1-2-14-27-22(24-25-26-27)23-15-20-19-11-7-6-10-18(19)12-13-21(20)28-16-17-8-4-3-5-9-17/h3-13,15H,2,14,16H2,1H3/b23-15+. The topological polar surface area (TPSA) is 65.2 Å². The van der Waals surface area contributed by atoms with Gasteiger partial charge in [0.25, 0.3) is 5.95 Å². The SMILES string of the molecule is CCCn1nnnc1/N=C/c1c(OCc2ccccc2)ccc2ccccc12. The van der Waals surface area contributed by atoms with Crippen LogP contribution in [0.5, 0.6) is 5.75 Å². The van der Waals surface area contributed by atoms with Crippen LogP contribution >= 0.6 is 0 Å². The molecule has 0 saturated carbocycles. The van der Waals surface area contributed by atoms with Gasteiger partial charge in [-0.1, -0.05) is 72.7 Å². The molecule has 0 aliphatic carbocycles. The molecular formula is C22H21N5O. The van der Waals surface area contributed by atoms with Gasteiger partial charge in [0.05, 0.1) is 0 Å². The normalized spacial score (nSPS) is 11.3. The van der Waals surface area contributed by atoms with Gasteiger partial charge in [0.2, 0.25) is 0 Å². The van der Waals surface area contributed by atoms with Gasteiger partial charge in [0.15, 0.2) is 0 Å². The summed E-state index contributed by atoms with van der Waals surface area (Å²) in [5.41, 5.74) is 2.03. The van der Waals surface area contributed by atoms with Gasteiger partial charge in [-0.25, -0.2) is 9.67 Å². The van der Waals surface area contributed by atoms with Crippen molar-refractivity contribution >= 4 is 22.9 Å². The Morgan fingerprint density at radius 1 is 1.00 bits per heavy atom. The Morgan fingerprint density at radius 2 is 1.82 bits per heavy atom. The van der Waals surface area contributed by atoms with E-state index in [0.29, 0.717) is 12.6 Å². The number of tetrazole rings is 1. The molecule has 0 atom stereocenters. The number of aryl methyl sites for hydroxylation is 1. The highest BCUT2D eigenvalue weighted by Gasteiger charge is 2.09. The fraction of sp³-hybridized carbons (Fsp3) is 0.182. The number of hydrogen-bond acceptors (Lipinski definition) is 5. The van der Waals surface area contributed by atoms with Gasteiger partial charge >= 0.3 is 0 Å². The van der Waals surface area contributed by atoms with Crippen LogP contribution in [0.25, 0.3) is 10.8 Å². The fourth-order valence-corrected chi connectivity index (χ4v) is 3.04. The highest BCUT2D eigenvalue weighted by atomic mass is 16.5. The molecule has 0 saturated heterocycles. The molecule has 28 heavy (non-hydrogen) atoms. The van der Waals surface area contributed by atoms with Gasteiger partial charge in [-0.05, 0) is 39.2 Å². The van der Waals surface area contributed by atoms with Crippen molar-refractivity contribution in [2.75, 3.05) is 0 Å². The number of benzene rings is 3. The van der Waals surface area contributed by atoms with E-state index >= 15 is 0 Å². The average Bonchev–Trinajstić information content (AvgIpc) is 3.19. The molecule has 140 valence electrons. The number of rotatable bonds is 7. The van der Waals surface area contributed by atoms with E-state index in [0.717, 1.165) is 40.6 Å². The molecular weight excluding hydrogens is 350 g/mol. The van der Waals surface area contributed by atoms with Crippen LogP contribution in [-0.4, -0.2) is 26.4 Å². The smallest absolute Gasteiger partial charge is 0.269 e. The first-order valence-electron chi connectivity index (χ1n) is 9.34. The molecule has 3 aromatic carbocycles. The summed E-state index contributed by atoms with van der Waals surface area (Å²) < 4.78 is 7.83. The predicted octanol–water partition coefficient (Wildman–Crippen LogP) is 4.57. The monoisotopic (exact) mass is 371 g/mol. The number of nitrogens with zero attached hydrogens (tertiary/aromatic N) is 5. The number of aliphatic imine (C=N–C) groups is 1. The molecule has 0 N–H and O–H groups in total. The minimum atomic E-state index is 0.490. The molecule has 0 fully saturated rings. The second kappa shape index (κ2) is 8.43. The van der Waals surface area contributed by atoms with Gasteiger partial charge in [0, 0.05) is 18.3 Å². The van der Waals surface area contributed by atoms with Crippen LogP contribution in [0.3, 0.4) is 0 Å². The van der Waals surface area contributed by atoms with Crippen molar-refractivity contribution in [2.45, 2.75) is 26.5 Å². The minimum absolute atomic E-state index is 0.490. The van der Waals surface area contributed by atoms with Crippen LogP contribution in [0.4, 0.5) is 5.95 Å². The summed E-state index contributed by atoms with van der Waals surface area (Å²) in [6, 6.07) is 22.4. The van der Waals surface area contributed by atoms with Crippen molar-refractivity contribution in [1.82, 2.24) is 20.2 Å². The molecule has 6 nitrogen and oxygen atoms in total. The number of fused-ring (bicyclic) bond motifs is 1. The number of ether oxygens (including phenoxy) is 1. The second-order valence-electron chi connectivity index (χ2n) is 6.43. The van der Waals surface area contributed by atoms with Crippen molar-refractivity contribution in [2.24, 2.45) is 4.99 Å². The van der Waals surface area contributed by atoms with E-state index in [1.165, 1.54) is 0 Å². The van der Waals surface area contributed by atoms with Crippen molar-refractivity contribution in [1.29, 1.82) is 0 Å². The van der Waals surface area contributed by atoms with Gasteiger partial charge < -0.3 is 4.74 Å². The van der Waals surface area contributed by atoms with E-state index in [9.17, 15) is 0 Å². The fourth-order valence-electron chi connectivity index (χ4n) is 3.04. The first-order valence-corrected chi connectivity index (χ1v) is 9.34.